The van der Waals surface area contributed by atoms with E-state index in [0.29, 0.717) is 6.61 Å². The zero-order valence-electron chi connectivity index (χ0n) is 5.84. The number of ether oxygens (including phenoxy) is 2. The number of carbonyl (C=O) groups excluding carboxylic acids is 2. The molecule has 0 saturated carbocycles. The van der Waals surface area contributed by atoms with Gasteiger partial charge in [-0.15, -0.1) is 0 Å². The van der Waals surface area contributed by atoms with Gasteiger partial charge in [0, 0.05) is 0 Å². The molecule has 0 unspecified atom stereocenters. The molecule has 0 fully saturated rings. The number of halogens is 1. The van der Waals surface area contributed by atoms with Gasteiger partial charge in [0.15, 0.2) is 0 Å². The first-order chi connectivity index (χ1) is 5.31. The molecular weight excluding hydrogens is 263 g/mol. The Morgan fingerprint density at radius 3 is 2.73 bits per heavy atom. The molecule has 4 nitrogen and oxygen atoms in total. The van der Waals surface area contributed by atoms with E-state index in [-0.39, 0.29) is 0 Å². The number of hydrogen-bond donors (Lipinski definition) is 0. The molecule has 0 aromatic carbocycles. The molecule has 0 aliphatic heterocycles. The molecule has 0 bridgehead atoms. The molecule has 0 aromatic rings. The molecule has 0 heterocycles. The Kier molecular flexibility index (Phi) is 7.54. The van der Waals surface area contributed by atoms with Crippen molar-refractivity contribution in [3.63, 3.8) is 0 Å². The largest absolute Gasteiger partial charge is 0.516 e. The average molecular weight is 271 g/mol. The maximum absolute atomic E-state index is 10.3. The number of unbranched alkanes of at least 4 members (excludes halogenated alkanes) is 1. The Morgan fingerprint density at radius 2 is 2.18 bits per heavy atom. The normalized spacial score (nSPS) is 8.82. The van der Waals surface area contributed by atoms with Gasteiger partial charge < -0.3 is 9.47 Å². The van der Waals surface area contributed by atoms with Crippen LogP contribution in [0.2, 0.25) is 0 Å². The summed E-state index contributed by atoms with van der Waals surface area (Å²) < 4.78 is 9.23. The molecule has 0 rings (SSSR count). The van der Waals surface area contributed by atoms with Gasteiger partial charge in [0.2, 0.25) is 0 Å². The molecule has 0 saturated heterocycles. The van der Waals surface area contributed by atoms with Gasteiger partial charge >= 0.3 is 12.6 Å². The van der Waals surface area contributed by atoms with Crippen molar-refractivity contribution in [2.24, 2.45) is 0 Å². The van der Waals surface area contributed by atoms with Crippen molar-refractivity contribution >= 4 is 35.2 Å². The Labute approximate surface area is 78.4 Å². The minimum Gasteiger partial charge on any atom is -0.434 e. The predicted molar refractivity (Wildman–Crippen MR) is 46.2 cm³/mol. The van der Waals surface area contributed by atoms with Crippen LogP contribution in [-0.2, 0) is 14.3 Å². The molecule has 0 amide bonds. The van der Waals surface area contributed by atoms with Crippen LogP contribution >= 0.6 is 22.6 Å². The highest BCUT2D eigenvalue weighted by molar-refractivity contribution is 14.1. The van der Waals surface area contributed by atoms with Crippen molar-refractivity contribution in [1.29, 1.82) is 0 Å². The van der Waals surface area contributed by atoms with Gasteiger partial charge in [-0.3, -0.25) is 0 Å². The van der Waals surface area contributed by atoms with Gasteiger partial charge in [0.25, 0.3) is 0 Å². The highest BCUT2D eigenvalue weighted by atomic mass is 127. The van der Waals surface area contributed by atoms with Crippen LogP contribution in [0.4, 0.5) is 4.79 Å². The number of carbonyl (C=O) groups is 1. The maximum Gasteiger partial charge on any atom is 0.516 e. The first-order valence-corrected chi connectivity index (χ1v) is 4.60. The summed E-state index contributed by atoms with van der Waals surface area (Å²) in [6.07, 6.45) is 0.795. The van der Waals surface area contributed by atoms with Crippen LogP contribution in [-0.4, -0.2) is 23.7 Å². The fourth-order valence-corrected chi connectivity index (χ4v) is 0.955. The zero-order chi connectivity index (χ0) is 8.53. The zero-order valence-corrected chi connectivity index (χ0v) is 8.00. The highest BCUT2D eigenvalue weighted by Gasteiger charge is 2.01. The van der Waals surface area contributed by atoms with Gasteiger partial charge in [-0.2, -0.15) is 0 Å². The minimum absolute atomic E-state index is 0.295. The van der Waals surface area contributed by atoms with E-state index < -0.39 is 6.16 Å². The van der Waals surface area contributed by atoms with Crippen molar-refractivity contribution in [1.82, 2.24) is 0 Å². The first kappa shape index (κ1) is 10.7. The molecular formula is C6H8IO4. The SMILES string of the molecule is O=[C]OC(=O)OCCCCI. The van der Waals surface area contributed by atoms with Crippen molar-refractivity contribution in [3.05, 3.63) is 0 Å². The van der Waals surface area contributed by atoms with Crippen LogP contribution in [0.3, 0.4) is 0 Å². The molecule has 5 heteroatoms. The van der Waals surface area contributed by atoms with E-state index in [4.69, 9.17) is 0 Å². The lowest BCUT2D eigenvalue weighted by atomic mass is 10.4. The molecule has 11 heavy (non-hydrogen) atoms. The lowest BCUT2D eigenvalue weighted by molar-refractivity contribution is 0.0928. The summed E-state index contributed by atoms with van der Waals surface area (Å²) in [6.45, 7) is 1.28. The molecule has 0 N–H and O–H groups in total. The second-order valence-electron chi connectivity index (χ2n) is 1.68. The summed E-state index contributed by atoms with van der Waals surface area (Å²) in [6, 6.07) is 0. The molecule has 0 aliphatic rings. The van der Waals surface area contributed by atoms with E-state index in [9.17, 15) is 9.59 Å². The third kappa shape index (κ3) is 7.57. The Morgan fingerprint density at radius 1 is 1.45 bits per heavy atom. The summed E-state index contributed by atoms with van der Waals surface area (Å²) in [5.74, 6) is 0. The van der Waals surface area contributed by atoms with Gasteiger partial charge in [-0.1, -0.05) is 22.6 Å². The monoisotopic (exact) mass is 271 g/mol. The van der Waals surface area contributed by atoms with Crippen molar-refractivity contribution in [2.45, 2.75) is 12.8 Å². The fraction of sp³-hybridized carbons (Fsp3) is 0.667. The minimum atomic E-state index is -0.978. The highest BCUT2D eigenvalue weighted by Crippen LogP contribution is 1.95. The quantitative estimate of drug-likeness (QED) is 0.249. The van der Waals surface area contributed by atoms with Gasteiger partial charge in [-0.05, 0) is 17.3 Å². The van der Waals surface area contributed by atoms with Gasteiger partial charge in [0.1, 0.15) is 0 Å². The molecule has 0 aliphatic carbocycles. The van der Waals surface area contributed by atoms with Gasteiger partial charge in [-0.25, -0.2) is 9.59 Å². The number of hydrogen-bond acceptors (Lipinski definition) is 4. The van der Waals surface area contributed by atoms with Gasteiger partial charge in [0.05, 0.1) is 6.61 Å². The molecule has 0 atom stereocenters. The van der Waals surface area contributed by atoms with Crippen LogP contribution in [0.25, 0.3) is 0 Å². The Hall–Kier alpha value is -0.330. The van der Waals surface area contributed by atoms with E-state index >= 15 is 0 Å². The second-order valence-corrected chi connectivity index (χ2v) is 2.76. The van der Waals surface area contributed by atoms with E-state index in [0.717, 1.165) is 23.7 Å². The third-order valence-electron chi connectivity index (χ3n) is 0.873. The Balaban J connectivity index is 3.10. The topological polar surface area (TPSA) is 52.6 Å². The van der Waals surface area contributed by atoms with E-state index in [2.05, 4.69) is 32.1 Å². The lowest BCUT2D eigenvalue weighted by Crippen LogP contribution is -2.06. The summed E-state index contributed by atoms with van der Waals surface area (Å²) in [4.78, 5) is 19.8. The second kappa shape index (κ2) is 7.77. The molecule has 1 radical (unpaired) electrons. The van der Waals surface area contributed by atoms with Crippen LogP contribution < -0.4 is 0 Å². The van der Waals surface area contributed by atoms with Crippen LogP contribution in [0.5, 0.6) is 0 Å². The third-order valence-corrected chi connectivity index (χ3v) is 1.64. The lowest BCUT2D eigenvalue weighted by Gasteiger charge is -1.98. The smallest absolute Gasteiger partial charge is 0.434 e. The number of rotatable bonds is 5. The fourth-order valence-electron chi connectivity index (χ4n) is 0.416. The molecule has 0 aromatic heterocycles. The van der Waals surface area contributed by atoms with Crippen LogP contribution in [0.1, 0.15) is 12.8 Å². The van der Waals surface area contributed by atoms with E-state index in [1.807, 2.05) is 0 Å². The molecule has 63 valence electrons. The van der Waals surface area contributed by atoms with Crippen molar-refractivity contribution in [3.8, 4) is 0 Å². The summed E-state index contributed by atoms with van der Waals surface area (Å²) in [7, 11) is 0. The standard InChI is InChI=1S/C6H8IO4/c7-3-1-2-4-10-6(9)11-5-8/h1-4H2. The summed E-state index contributed by atoms with van der Waals surface area (Å²) in [5, 5.41) is 0. The average Bonchev–Trinajstić information content (AvgIpc) is 1.99. The maximum atomic E-state index is 10.3. The van der Waals surface area contributed by atoms with Crippen LogP contribution in [0.15, 0.2) is 0 Å². The van der Waals surface area contributed by atoms with Crippen LogP contribution in [0, 0.1) is 0 Å². The van der Waals surface area contributed by atoms with E-state index in [1.165, 1.54) is 0 Å². The first-order valence-electron chi connectivity index (χ1n) is 3.08. The van der Waals surface area contributed by atoms with E-state index in [1.54, 1.807) is 0 Å². The predicted octanol–water partition coefficient (Wildman–Crippen LogP) is 1.42. The van der Waals surface area contributed by atoms with Crippen molar-refractivity contribution < 1.29 is 19.1 Å². The summed E-state index contributed by atoms with van der Waals surface area (Å²) >= 11 is 2.23. The number of alkyl halides is 1. The molecule has 0 spiro atoms. The summed E-state index contributed by atoms with van der Waals surface area (Å²) in [5.41, 5.74) is 0. The Bertz CT molecular complexity index is 126. The van der Waals surface area contributed by atoms with Crippen molar-refractivity contribution in [2.75, 3.05) is 11.0 Å².